The molecule has 3 atom stereocenters. The number of hydrogen-bond donors (Lipinski definition) is 2. The predicted octanol–water partition coefficient (Wildman–Crippen LogP) is 1.81. The minimum Gasteiger partial charge on any atom is -0.327 e. The van der Waals surface area contributed by atoms with Gasteiger partial charge in [-0.25, -0.2) is 9.97 Å². The molecule has 104 valence electrons. The molecular weight excluding hydrogens is 240 g/mol. The lowest BCUT2D eigenvalue weighted by Crippen LogP contribution is -2.50. The normalized spacial score (nSPS) is 29.8. The lowest BCUT2D eigenvalue weighted by molar-refractivity contribution is -0.127. The van der Waals surface area contributed by atoms with Crippen LogP contribution in [-0.4, -0.2) is 21.9 Å². The van der Waals surface area contributed by atoms with Crippen molar-refractivity contribution in [3.63, 3.8) is 0 Å². The number of amides is 1. The second-order valence-electron chi connectivity index (χ2n) is 5.97. The molecule has 1 saturated carbocycles. The summed E-state index contributed by atoms with van der Waals surface area (Å²) >= 11 is 0. The van der Waals surface area contributed by atoms with Gasteiger partial charge < -0.3 is 5.73 Å². The molecule has 1 aliphatic carbocycles. The van der Waals surface area contributed by atoms with E-state index in [1.54, 1.807) is 18.5 Å². The Morgan fingerprint density at radius 2 is 2.00 bits per heavy atom. The third-order valence-corrected chi connectivity index (χ3v) is 4.62. The van der Waals surface area contributed by atoms with Crippen LogP contribution in [0.5, 0.6) is 0 Å². The summed E-state index contributed by atoms with van der Waals surface area (Å²) in [4.78, 5) is 20.5. The van der Waals surface area contributed by atoms with Gasteiger partial charge in [0.1, 0.15) is 0 Å². The first-order valence-electron chi connectivity index (χ1n) is 6.76. The first-order chi connectivity index (χ1) is 8.93. The van der Waals surface area contributed by atoms with Crippen LogP contribution in [0.25, 0.3) is 0 Å². The summed E-state index contributed by atoms with van der Waals surface area (Å²) < 4.78 is 0. The second-order valence-corrected chi connectivity index (χ2v) is 5.97. The number of rotatable bonds is 2. The summed E-state index contributed by atoms with van der Waals surface area (Å²) in [5, 5.41) is 2.80. The Bertz CT molecular complexity index is 446. The van der Waals surface area contributed by atoms with Crippen molar-refractivity contribution in [2.24, 2.45) is 23.0 Å². The van der Waals surface area contributed by atoms with E-state index in [1.807, 2.05) is 0 Å². The number of hydrogen-bond acceptors (Lipinski definition) is 4. The maximum Gasteiger partial charge on any atom is 0.230 e. The molecule has 0 radical (unpaired) electrons. The van der Waals surface area contributed by atoms with Crippen LogP contribution in [0.1, 0.15) is 33.6 Å². The highest BCUT2D eigenvalue weighted by Gasteiger charge is 2.45. The molecule has 1 aromatic rings. The summed E-state index contributed by atoms with van der Waals surface area (Å²) in [6, 6.07) is 1.90. The molecule has 1 aliphatic rings. The Morgan fingerprint density at radius 1 is 1.37 bits per heavy atom. The molecule has 3 N–H and O–H groups in total. The topological polar surface area (TPSA) is 80.9 Å². The van der Waals surface area contributed by atoms with Crippen molar-refractivity contribution in [1.82, 2.24) is 9.97 Å². The minimum atomic E-state index is -0.115. The Morgan fingerprint density at radius 3 is 2.63 bits per heavy atom. The third kappa shape index (κ3) is 2.76. The fourth-order valence-corrected chi connectivity index (χ4v) is 2.88. The molecular formula is C14H22N4O. The zero-order valence-electron chi connectivity index (χ0n) is 11.8. The standard InChI is InChI=1S/C14H22N4O/c1-9-11(15)6-5-10(14(9,2)3)12(19)18-13-16-7-4-8-17-13/h4,7-11H,5-6,15H2,1-3H3,(H,16,17,18,19). The summed E-state index contributed by atoms with van der Waals surface area (Å²) in [6.45, 7) is 6.36. The zero-order chi connectivity index (χ0) is 14.0. The maximum absolute atomic E-state index is 12.4. The quantitative estimate of drug-likeness (QED) is 0.851. The van der Waals surface area contributed by atoms with Gasteiger partial charge in [-0.2, -0.15) is 0 Å². The van der Waals surface area contributed by atoms with E-state index >= 15 is 0 Å². The highest BCUT2D eigenvalue weighted by molar-refractivity contribution is 5.91. The molecule has 0 aromatic carbocycles. The molecule has 0 saturated heterocycles. The van der Waals surface area contributed by atoms with Crippen molar-refractivity contribution in [2.75, 3.05) is 5.32 Å². The maximum atomic E-state index is 12.4. The number of carbonyl (C=O) groups excluding carboxylic acids is 1. The number of nitrogens with one attached hydrogen (secondary N) is 1. The highest BCUT2D eigenvalue weighted by Crippen LogP contribution is 2.44. The summed E-state index contributed by atoms with van der Waals surface area (Å²) in [5.74, 6) is 0.626. The highest BCUT2D eigenvalue weighted by atomic mass is 16.2. The summed E-state index contributed by atoms with van der Waals surface area (Å²) in [5.41, 5.74) is 6.00. The van der Waals surface area contributed by atoms with Crippen molar-refractivity contribution in [1.29, 1.82) is 0 Å². The lowest BCUT2D eigenvalue weighted by atomic mass is 9.61. The van der Waals surface area contributed by atoms with Crippen molar-refractivity contribution in [3.05, 3.63) is 18.5 Å². The van der Waals surface area contributed by atoms with Crippen LogP contribution in [0.4, 0.5) is 5.95 Å². The average molecular weight is 262 g/mol. The van der Waals surface area contributed by atoms with Crippen LogP contribution in [0.2, 0.25) is 0 Å². The molecule has 5 nitrogen and oxygen atoms in total. The van der Waals surface area contributed by atoms with E-state index in [0.29, 0.717) is 11.9 Å². The van der Waals surface area contributed by atoms with E-state index < -0.39 is 0 Å². The molecule has 0 bridgehead atoms. The smallest absolute Gasteiger partial charge is 0.230 e. The summed E-state index contributed by atoms with van der Waals surface area (Å²) in [7, 11) is 0. The van der Waals surface area contributed by atoms with E-state index in [1.165, 1.54) is 0 Å². The molecule has 1 heterocycles. The number of anilines is 1. The first-order valence-corrected chi connectivity index (χ1v) is 6.76. The van der Waals surface area contributed by atoms with E-state index in [4.69, 9.17) is 5.73 Å². The first kappa shape index (κ1) is 13.9. The summed E-state index contributed by atoms with van der Waals surface area (Å²) in [6.07, 6.45) is 4.94. The number of nitrogens with two attached hydrogens (primary N) is 1. The van der Waals surface area contributed by atoms with Gasteiger partial charge in [-0.1, -0.05) is 20.8 Å². The van der Waals surface area contributed by atoms with E-state index in [9.17, 15) is 4.79 Å². The second kappa shape index (κ2) is 5.25. The molecule has 5 heteroatoms. The van der Waals surface area contributed by atoms with Gasteiger partial charge >= 0.3 is 0 Å². The van der Waals surface area contributed by atoms with Crippen LogP contribution in [0, 0.1) is 17.3 Å². The van der Waals surface area contributed by atoms with E-state index in [-0.39, 0.29) is 23.3 Å². The Kier molecular flexibility index (Phi) is 3.85. The van der Waals surface area contributed by atoms with Gasteiger partial charge in [0.25, 0.3) is 0 Å². The molecule has 2 rings (SSSR count). The van der Waals surface area contributed by atoms with Crippen molar-refractivity contribution < 1.29 is 4.79 Å². The number of aromatic nitrogens is 2. The Hall–Kier alpha value is -1.49. The third-order valence-electron chi connectivity index (χ3n) is 4.62. The molecule has 0 aliphatic heterocycles. The van der Waals surface area contributed by atoms with Gasteiger partial charge in [0.05, 0.1) is 0 Å². The number of nitrogens with zero attached hydrogens (tertiary/aromatic N) is 2. The van der Waals surface area contributed by atoms with Crippen LogP contribution >= 0.6 is 0 Å². The fraction of sp³-hybridized carbons (Fsp3) is 0.643. The molecule has 0 spiro atoms. The molecule has 1 fully saturated rings. The van der Waals surface area contributed by atoms with Crippen molar-refractivity contribution >= 4 is 11.9 Å². The monoisotopic (exact) mass is 262 g/mol. The van der Waals surface area contributed by atoms with Crippen LogP contribution in [-0.2, 0) is 4.79 Å². The largest absolute Gasteiger partial charge is 0.327 e. The molecule has 19 heavy (non-hydrogen) atoms. The molecule has 3 unspecified atom stereocenters. The van der Waals surface area contributed by atoms with Gasteiger partial charge in [0, 0.05) is 24.4 Å². The predicted molar refractivity (Wildman–Crippen MR) is 74.3 cm³/mol. The van der Waals surface area contributed by atoms with Crippen LogP contribution in [0.3, 0.4) is 0 Å². The lowest BCUT2D eigenvalue weighted by Gasteiger charge is -2.45. The SMILES string of the molecule is CC1C(N)CCC(C(=O)Nc2ncccn2)C1(C)C. The minimum absolute atomic E-state index is 0.00468. The van der Waals surface area contributed by atoms with Gasteiger partial charge in [-0.3, -0.25) is 10.1 Å². The van der Waals surface area contributed by atoms with Crippen molar-refractivity contribution in [2.45, 2.75) is 39.7 Å². The van der Waals surface area contributed by atoms with Crippen molar-refractivity contribution in [3.8, 4) is 0 Å². The average Bonchev–Trinajstić information content (AvgIpc) is 2.37. The zero-order valence-corrected chi connectivity index (χ0v) is 11.8. The van der Waals surface area contributed by atoms with Gasteiger partial charge in [-0.15, -0.1) is 0 Å². The van der Waals surface area contributed by atoms with E-state index in [2.05, 4.69) is 36.1 Å². The van der Waals surface area contributed by atoms with Gasteiger partial charge in [0.15, 0.2) is 0 Å². The molecule has 1 amide bonds. The Labute approximate surface area is 114 Å². The van der Waals surface area contributed by atoms with Gasteiger partial charge in [-0.05, 0) is 30.2 Å². The van der Waals surface area contributed by atoms with Crippen LogP contribution in [0.15, 0.2) is 18.5 Å². The van der Waals surface area contributed by atoms with Crippen LogP contribution < -0.4 is 11.1 Å². The fourth-order valence-electron chi connectivity index (χ4n) is 2.88. The Balaban J connectivity index is 2.11. The van der Waals surface area contributed by atoms with Gasteiger partial charge in [0.2, 0.25) is 11.9 Å². The van der Waals surface area contributed by atoms with E-state index in [0.717, 1.165) is 12.8 Å². The number of carbonyl (C=O) groups is 1. The molecule has 1 aromatic heterocycles.